The van der Waals surface area contributed by atoms with E-state index in [0.717, 1.165) is 17.3 Å². The third kappa shape index (κ3) is 2.90. The second kappa shape index (κ2) is 5.67. The van der Waals surface area contributed by atoms with Crippen molar-refractivity contribution in [1.29, 1.82) is 0 Å². The molecule has 1 aromatic carbocycles. The SMILES string of the molecule is COC(=O)[C@@H]1C(F)SC(C)(C)N1C(=O)c1ccc(C)cc1. The van der Waals surface area contributed by atoms with Gasteiger partial charge in [0.2, 0.25) is 0 Å². The summed E-state index contributed by atoms with van der Waals surface area (Å²) in [7, 11) is 1.19. The summed E-state index contributed by atoms with van der Waals surface area (Å²) in [5, 5.41) is 0. The molecule has 6 heteroatoms. The highest BCUT2D eigenvalue weighted by atomic mass is 32.2. The second-order valence-corrected chi connectivity index (χ2v) is 7.11. The molecule has 4 nitrogen and oxygen atoms in total. The number of hydrogen-bond donors (Lipinski definition) is 0. The fourth-order valence-corrected chi connectivity index (χ4v) is 3.61. The molecular formula is C15H18FNO3S. The summed E-state index contributed by atoms with van der Waals surface area (Å²) in [6, 6.07) is 5.76. The zero-order chi connectivity index (χ0) is 15.8. The van der Waals surface area contributed by atoms with E-state index in [1.807, 2.05) is 19.1 Å². The topological polar surface area (TPSA) is 46.6 Å². The summed E-state index contributed by atoms with van der Waals surface area (Å²) < 4.78 is 18.8. The van der Waals surface area contributed by atoms with Crippen molar-refractivity contribution < 1.29 is 18.7 Å². The van der Waals surface area contributed by atoms with Crippen LogP contribution in [0.5, 0.6) is 0 Å². The van der Waals surface area contributed by atoms with Crippen LogP contribution < -0.4 is 0 Å². The average Bonchev–Trinajstić information content (AvgIpc) is 2.67. The van der Waals surface area contributed by atoms with Gasteiger partial charge in [0, 0.05) is 5.56 Å². The lowest BCUT2D eigenvalue weighted by atomic mass is 10.1. The first-order valence-electron chi connectivity index (χ1n) is 6.58. The standard InChI is InChI=1S/C15H18FNO3S/c1-9-5-7-10(8-6-9)13(18)17-11(14(19)20-4)12(16)21-15(17,2)3/h5-8,11-12H,1-4H3/t11-,12?/m0/s1. The van der Waals surface area contributed by atoms with Gasteiger partial charge in [0.15, 0.2) is 11.5 Å². The fraction of sp³-hybridized carbons (Fsp3) is 0.467. The number of amides is 1. The first kappa shape index (κ1) is 15.8. The highest BCUT2D eigenvalue weighted by Gasteiger charge is 2.53. The Morgan fingerprint density at radius 1 is 1.29 bits per heavy atom. The number of ether oxygens (including phenoxy) is 1. The molecule has 0 saturated carbocycles. The second-order valence-electron chi connectivity index (χ2n) is 5.42. The lowest BCUT2D eigenvalue weighted by Crippen LogP contribution is -2.51. The molecule has 1 unspecified atom stereocenters. The Morgan fingerprint density at radius 3 is 2.38 bits per heavy atom. The molecule has 1 aromatic rings. The quantitative estimate of drug-likeness (QED) is 0.788. The molecule has 1 amide bonds. The number of nitrogens with zero attached hydrogens (tertiary/aromatic N) is 1. The number of methoxy groups -OCH3 is 1. The molecule has 0 N–H and O–H groups in total. The van der Waals surface area contributed by atoms with Gasteiger partial charge in [-0.15, -0.1) is 0 Å². The van der Waals surface area contributed by atoms with Crippen molar-refractivity contribution in [1.82, 2.24) is 4.90 Å². The van der Waals surface area contributed by atoms with Crippen LogP contribution in [-0.2, 0) is 9.53 Å². The van der Waals surface area contributed by atoms with Crippen LogP contribution in [0.2, 0.25) is 0 Å². The maximum Gasteiger partial charge on any atom is 0.332 e. The summed E-state index contributed by atoms with van der Waals surface area (Å²) in [6.07, 6.45) is 0. The molecule has 1 fully saturated rings. The average molecular weight is 311 g/mol. The lowest BCUT2D eigenvalue weighted by molar-refractivity contribution is -0.147. The van der Waals surface area contributed by atoms with Gasteiger partial charge in [-0.25, -0.2) is 9.18 Å². The molecule has 114 valence electrons. The van der Waals surface area contributed by atoms with Crippen LogP contribution in [0.1, 0.15) is 29.8 Å². The number of rotatable bonds is 2. The summed E-state index contributed by atoms with van der Waals surface area (Å²) in [5.41, 5.74) is -0.0476. The van der Waals surface area contributed by atoms with Gasteiger partial charge in [0.25, 0.3) is 5.91 Å². The zero-order valence-electron chi connectivity index (χ0n) is 12.4. The number of thioether (sulfide) groups is 1. The molecule has 2 rings (SSSR count). The zero-order valence-corrected chi connectivity index (χ0v) is 13.2. The van der Waals surface area contributed by atoms with E-state index in [0.29, 0.717) is 5.56 Å². The minimum atomic E-state index is -1.50. The van der Waals surface area contributed by atoms with E-state index in [1.165, 1.54) is 12.0 Å². The Bertz CT molecular complexity index is 559. The Balaban J connectivity index is 2.39. The largest absolute Gasteiger partial charge is 0.467 e. The molecule has 1 saturated heterocycles. The summed E-state index contributed by atoms with van der Waals surface area (Å²) in [5.74, 6) is -1.11. The van der Waals surface area contributed by atoms with Crippen LogP contribution in [-0.4, -0.2) is 40.3 Å². The van der Waals surface area contributed by atoms with E-state index in [-0.39, 0.29) is 5.91 Å². The molecule has 0 aliphatic carbocycles. The first-order valence-corrected chi connectivity index (χ1v) is 7.46. The Hall–Kier alpha value is -1.56. The number of carbonyl (C=O) groups is 2. The number of aryl methyl sites for hydroxylation is 1. The molecule has 1 heterocycles. The maximum absolute atomic E-state index is 14.2. The minimum Gasteiger partial charge on any atom is -0.467 e. The minimum absolute atomic E-state index is 0.372. The van der Waals surface area contributed by atoms with Gasteiger partial charge < -0.3 is 9.64 Å². The smallest absolute Gasteiger partial charge is 0.332 e. The van der Waals surface area contributed by atoms with Crippen LogP contribution in [0, 0.1) is 6.92 Å². The van der Waals surface area contributed by atoms with Crippen LogP contribution in [0.3, 0.4) is 0 Å². The third-order valence-electron chi connectivity index (χ3n) is 3.47. The molecule has 1 aliphatic rings. The van der Waals surface area contributed by atoms with Crippen molar-refractivity contribution in [2.75, 3.05) is 7.11 Å². The predicted octanol–water partition coefficient (Wildman–Crippen LogP) is 2.76. The Labute approximate surface area is 127 Å². The van der Waals surface area contributed by atoms with Gasteiger partial charge in [-0.2, -0.15) is 0 Å². The molecule has 21 heavy (non-hydrogen) atoms. The van der Waals surface area contributed by atoms with Crippen molar-refractivity contribution in [3.63, 3.8) is 0 Å². The molecule has 0 bridgehead atoms. The van der Waals surface area contributed by atoms with Gasteiger partial charge in [-0.05, 0) is 32.9 Å². The normalized spacial score (nSPS) is 24.0. The highest BCUT2D eigenvalue weighted by molar-refractivity contribution is 8.01. The van der Waals surface area contributed by atoms with Crippen molar-refractivity contribution >= 4 is 23.6 Å². The lowest BCUT2D eigenvalue weighted by Gasteiger charge is -2.33. The number of alkyl halides is 1. The van der Waals surface area contributed by atoms with E-state index >= 15 is 0 Å². The number of halogens is 1. The van der Waals surface area contributed by atoms with Crippen molar-refractivity contribution in [2.24, 2.45) is 0 Å². The van der Waals surface area contributed by atoms with E-state index < -0.39 is 22.4 Å². The monoisotopic (exact) mass is 311 g/mol. The van der Waals surface area contributed by atoms with Gasteiger partial charge in [-0.3, -0.25) is 4.79 Å². The molecule has 1 aliphatic heterocycles. The van der Waals surface area contributed by atoms with Crippen LogP contribution >= 0.6 is 11.8 Å². The summed E-state index contributed by atoms with van der Waals surface area (Å²) in [4.78, 5) is 25.0. The Kier molecular flexibility index (Phi) is 4.27. The number of esters is 1. The van der Waals surface area contributed by atoms with Crippen LogP contribution in [0.4, 0.5) is 4.39 Å². The number of carbonyl (C=O) groups excluding carboxylic acids is 2. The molecule has 0 aromatic heterocycles. The van der Waals surface area contributed by atoms with Crippen molar-refractivity contribution in [3.05, 3.63) is 35.4 Å². The van der Waals surface area contributed by atoms with E-state index in [1.54, 1.807) is 26.0 Å². The predicted molar refractivity (Wildman–Crippen MR) is 79.7 cm³/mol. The van der Waals surface area contributed by atoms with Gasteiger partial charge in [-0.1, -0.05) is 29.5 Å². The van der Waals surface area contributed by atoms with E-state index in [4.69, 9.17) is 0 Å². The molecule has 0 radical (unpaired) electrons. The van der Waals surface area contributed by atoms with Gasteiger partial charge >= 0.3 is 5.97 Å². The summed E-state index contributed by atoms with van der Waals surface area (Å²) in [6.45, 7) is 5.36. The Morgan fingerprint density at radius 2 is 1.86 bits per heavy atom. The van der Waals surface area contributed by atoms with E-state index in [2.05, 4.69) is 4.74 Å². The van der Waals surface area contributed by atoms with E-state index in [9.17, 15) is 14.0 Å². The highest BCUT2D eigenvalue weighted by Crippen LogP contribution is 2.45. The first-order chi connectivity index (χ1) is 9.77. The fourth-order valence-electron chi connectivity index (χ4n) is 2.39. The van der Waals surface area contributed by atoms with Gasteiger partial charge in [0.1, 0.15) is 0 Å². The number of hydrogen-bond acceptors (Lipinski definition) is 4. The maximum atomic E-state index is 14.2. The van der Waals surface area contributed by atoms with Gasteiger partial charge in [0.05, 0.1) is 12.0 Å². The number of benzene rings is 1. The molecule has 2 atom stereocenters. The van der Waals surface area contributed by atoms with Crippen LogP contribution in [0.15, 0.2) is 24.3 Å². The van der Waals surface area contributed by atoms with Crippen molar-refractivity contribution in [2.45, 2.75) is 37.2 Å². The summed E-state index contributed by atoms with van der Waals surface area (Å²) >= 11 is 0.946. The van der Waals surface area contributed by atoms with Crippen LogP contribution in [0.25, 0.3) is 0 Å². The van der Waals surface area contributed by atoms with Crippen molar-refractivity contribution in [3.8, 4) is 0 Å². The molecular weight excluding hydrogens is 293 g/mol. The third-order valence-corrected chi connectivity index (χ3v) is 4.72. The molecule has 0 spiro atoms.